The fourth-order valence-corrected chi connectivity index (χ4v) is 4.84. The topological polar surface area (TPSA) is 143 Å². The summed E-state index contributed by atoms with van der Waals surface area (Å²) < 4.78 is 40.4. The molecule has 7 N–H and O–H groups in total. The quantitative estimate of drug-likeness (QED) is 0.0993. The molecule has 2 aromatic heterocycles. The number of hydrogen-bond donors (Lipinski definition) is 4. The molecule has 1 aliphatic heterocycles. The number of likely N-dealkylation sites (tertiary alicyclic amines) is 1. The van der Waals surface area contributed by atoms with E-state index in [1.54, 1.807) is 18.2 Å². The van der Waals surface area contributed by atoms with Crippen LogP contribution in [-0.4, -0.2) is 39.6 Å². The zero-order chi connectivity index (χ0) is 29.1. The second-order valence-electron chi connectivity index (χ2n) is 9.35. The molecule has 1 saturated heterocycles. The number of H-pyrrole nitrogens is 1. The van der Waals surface area contributed by atoms with E-state index in [4.69, 9.17) is 28.9 Å². The van der Waals surface area contributed by atoms with E-state index in [2.05, 4.69) is 15.0 Å². The number of carbonyl (C=O) groups is 1. The van der Waals surface area contributed by atoms with E-state index in [1.165, 1.54) is 24.4 Å². The summed E-state index contributed by atoms with van der Waals surface area (Å²) in [6.45, 7) is 2.02. The van der Waals surface area contributed by atoms with E-state index in [9.17, 15) is 18.0 Å². The number of carbonyl (C=O) groups excluding carboxylic acids is 1. The number of benzene rings is 1. The highest BCUT2D eigenvalue weighted by Gasteiger charge is 2.34. The molecule has 1 aromatic carbocycles. The Hall–Kier alpha value is -4.29. The Morgan fingerprint density at radius 3 is 2.73 bits per heavy atom. The van der Waals surface area contributed by atoms with Crippen molar-refractivity contribution in [1.82, 2.24) is 19.9 Å². The number of nitrogens with one attached hydrogen (secondary N) is 1. The summed E-state index contributed by atoms with van der Waals surface area (Å²) in [6, 6.07) is 7.54. The van der Waals surface area contributed by atoms with E-state index in [0.29, 0.717) is 46.1 Å². The smallest absolute Gasteiger partial charge is 0.279 e. The number of nitrogens with two attached hydrogens (primary N) is 3. The van der Waals surface area contributed by atoms with Gasteiger partial charge in [0.15, 0.2) is 0 Å². The number of anilines is 2. The summed E-state index contributed by atoms with van der Waals surface area (Å²) in [7, 11) is 1.88. The first-order valence-corrected chi connectivity index (χ1v) is 12.5. The van der Waals surface area contributed by atoms with Crippen molar-refractivity contribution >= 4 is 35.0 Å². The molecule has 1 aliphatic rings. The summed E-state index contributed by atoms with van der Waals surface area (Å²) in [5.74, 6) is 6.07. The Labute approximate surface area is 233 Å². The predicted molar refractivity (Wildman–Crippen MR) is 149 cm³/mol. The van der Waals surface area contributed by atoms with Crippen molar-refractivity contribution in [3.8, 4) is 11.3 Å². The van der Waals surface area contributed by atoms with Crippen LogP contribution < -0.4 is 22.3 Å². The van der Waals surface area contributed by atoms with Gasteiger partial charge in [0.2, 0.25) is 5.95 Å². The Morgan fingerprint density at radius 2 is 2.05 bits per heavy atom. The number of hydrogen-bond acceptors (Lipinski definition) is 8. The van der Waals surface area contributed by atoms with Crippen LogP contribution in [0.15, 0.2) is 66.3 Å². The Morgan fingerprint density at radius 1 is 1.30 bits per heavy atom. The highest BCUT2D eigenvalue weighted by molar-refractivity contribution is 6.31. The molecular formula is C27H28ClF3N8O. The van der Waals surface area contributed by atoms with Crippen LogP contribution in [0.25, 0.3) is 16.8 Å². The van der Waals surface area contributed by atoms with Gasteiger partial charge in [-0.3, -0.25) is 9.80 Å². The third-order valence-corrected chi connectivity index (χ3v) is 6.90. The molecule has 0 saturated carbocycles. The van der Waals surface area contributed by atoms with Gasteiger partial charge in [-0.1, -0.05) is 18.5 Å². The number of rotatable bonds is 8. The first-order chi connectivity index (χ1) is 19.0. The zero-order valence-corrected chi connectivity index (χ0v) is 22.4. The number of alkyl halides is 2. The number of aldehydes is 1. The molecule has 4 rings (SSSR count). The molecule has 0 radical (unpaired) electrons. The Balaban J connectivity index is 1.69. The molecule has 9 nitrogen and oxygen atoms in total. The molecule has 1 unspecified atom stereocenters. The molecule has 2 atom stereocenters. The number of pyridine rings is 1. The largest absolute Gasteiger partial charge is 0.396 e. The van der Waals surface area contributed by atoms with Crippen LogP contribution in [0.1, 0.15) is 30.8 Å². The first-order valence-electron chi connectivity index (χ1n) is 12.2. The van der Waals surface area contributed by atoms with Crippen LogP contribution in [0, 0.1) is 11.9 Å². The molecule has 0 aliphatic carbocycles. The monoisotopic (exact) mass is 572 g/mol. The normalized spacial score (nSPS) is 19.1. The third-order valence-electron chi connectivity index (χ3n) is 6.67. The van der Waals surface area contributed by atoms with E-state index in [-0.39, 0.29) is 23.3 Å². The van der Waals surface area contributed by atoms with Crippen molar-refractivity contribution < 1.29 is 18.0 Å². The maximum atomic E-state index is 14.4. The molecule has 3 aromatic rings. The molecule has 0 amide bonds. The summed E-state index contributed by atoms with van der Waals surface area (Å²) in [4.78, 5) is 25.0. The Bertz CT molecular complexity index is 1500. The van der Waals surface area contributed by atoms with Crippen LogP contribution >= 0.6 is 11.6 Å². The highest BCUT2D eigenvalue weighted by atomic mass is 35.5. The van der Waals surface area contributed by atoms with Gasteiger partial charge in [0.05, 0.1) is 34.9 Å². The third kappa shape index (κ3) is 5.97. The van der Waals surface area contributed by atoms with E-state index in [1.807, 2.05) is 24.9 Å². The number of aromatic amines is 1. The van der Waals surface area contributed by atoms with Crippen molar-refractivity contribution in [3.63, 3.8) is 0 Å². The number of nitrogens with zero attached hydrogens (tertiary/aromatic N) is 4. The molecule has 3 heterocycles. The van der Waals surface area contributed by atoms with Gasteiger partial charge in [-0.25, -0.2) is 24.6 Å². The maximum Gasteiger partial charge on any atom is 0.279 e. The van der Waals surface area contributed by atoms with Crippen LogP contribution in [0.4, 0.5) is 24.7 Å². The summed E-state index contributed by atoms with van der Waals surface area (Å²) >= 11 is 6.26. The summed E-state index contributed by atoms with van der Waals surface area (Å²) in [6.07, 6.45) is 4.00. The lowest BCUT2D eigenvalue weighted by Crippen LogP contribution is -2.28. The summed E-state index contributed by atoms with van der Waals surface area (Å²) in [5.41, 5.74) is 13.0. The van der Waals surface area contributed by atoms with Gasteiger partial charge in [0, 0.05) is 29.5 Å². The second-order valence-corrected chi connectivity index (χ2v) is 9.78. The van der Waals surface area contributed by atoms with Gasteiger partial charge in [-0.2, -0.15) is 4.39 Å². The van der Waals surface area contributed by atoms with Crippen molar-refractivity contribution in [3.05, 3.63) is 88.6 Å². The van der Waals surface area contributed by atoms with Crippen LogP contribution in [-0.2, 0) is 4.79 Å². The molecule has 1 fully saturated rings. The minimum absolute atomic E-state index is 0.0273. The predicted octanol–water partition coefficient (Wildman–Crippen LogP) is 4.77. The first kappa shape index (κ1) is 28.7. The van der Waals surface area contributed by atoms with Crippen molar-refractivity contribution in [2.45, 2.75) is 25.8 Å². The maximum absolute atomic E-state index is 14.4. The fraction of sp³-hybridized carbons (Fsp3) is 0.222. The average Bonchev–Trinajstić information content (AvgIpc) is 3.48. The molecule has 13 heteroatoms. The van der Waals surface area contributed by atoms with Gasteiger partial charge < -0.3 is 21.4 Å². The van der Waals surface area contributed by atoms with E-state index < -0.39 is 18.1 Å². The Kier molecular flexibility index (Phi) is 8.50. The average molecular weight is 573 g/mol. The lowest BCUT2D eigenvalue weighted by Gasteiger charge is -2.23. The van der Waals surface area contributed by atoms with Crippen molar-refractivity contribution in [2.24, 2.45) is 17.5 Å². The van der Waals surface area contributed by atoms with Crippen molar-refractivity contribution in [2.75, 3.05) is 17.8 Å². The number of hydrazine groups is 1. The van der Waals surface area contributed by atoms with E-state index >= 15 is 0 Å². The van der Waals surface area contributed by atoms with Gasteiger partial charge >= 0.3 is 0 Å². The fourth-order valence-electron chi connectivity index (χ4n) is 4.67. The lowest BCUT2D eigenvalue weighted by atomic mass is 9.98. The molecule has 40 heavy (non-hydrogen) atoms. The number of halogens is 4. The van der Waals surface area contributed by atoms with Crippen LogP contribution in [0.3, 0.4) is 0 Å². The second kappa shape index (κ2) is 11.8. The lowest BCUT2D eigenvalue weighted by molar-refractivity contribution is -0.104. The van der Waals surface area contributed by atoms with E-state index in [0.717, 1.165) is 16.9 Å². The van der Waals surface area contributed by atoms with Crippen molar-refractivity contribution in [1.29, 1.82) is 0 Å². The SMILES string of the molecule is C[C@@H]1CC(c2ncc(-c3ccc(N)nc3F)[nH]2)N(C)/C1=C\C(=C/C=O)c1cc(Cl)ccc1N(N)/C=C(\N)C(F)F. The van der Waals surface area contributed by atoms with Gasteiger partial charge in [0.25, 0.3) is 6.43 Å². The standard InChI is InChI=1S/C27H28ClF3N8O/c1-14-9-23(27-35-12-20(36-27)17-4-6-24(33)37-26(17)31)38(2)22(14)10-15(7-8-40)18-11-16(28)3-5-21(18)39(34)13-19(32)25(29)30/h3-8,10-14,23,25H,9,32,34H2,1-2H3,(H2,33,37)(H,35,36)/b15-7+,19-13-,22-10-/t14-,23?/m1/s1. The molecule has 0 spiro atoms. The van der Waals surface area contributed by atoms with Gasteiger partial charge in [0.1, 0.15) is 17.9 Å². The highest BCUT2D eigenvalue weighted by Crippen LogP contribution is 2.42. The van der Waals surface area contributed by atoms with Gasteiger partial charge in [-0.05, 0) is 60.4 Å². The zero-order valence-electron chi connectivity index (χ0n) is 21.7. The van der Waals surface area contributed by atoms with Gasteiger partial charge in [-0.15, -0.1) is 0 Å². The molecule has 210 valence electrons. The minimum atomic E-state index is -2.89. The number of nitrogen functional groups attached to an aromatic ring is 1. The van der Waals surface area contributed by atoms with Crippen LogP contribution in [0.5, 0.6) is 0 Å². The minimum Gasteiger partial charge on any atom is -0.396 e. The number of allylic oxidation sites excluding steroid dienone is 5. The number of aromatic nitrogens is 3. The molecule has 0 bridgehead atoms. The summed E-state index contributed by atoms with van der Waals surface area (Å²) in [5, 5.41) is 1.32. The van der Waals surface area contributed by atoms with Crippen LogP contribution in [0.2, 0.25) is 5.02 Å². The molecular weight excluding hydrogens is 545 g/mol. The number of imidazole rings is 1.